The summed E-state index contributed by atoms with van der Waals surface area (Å²) in [6.07, 6.45) is -1.27. The first-order valence-corrected chi connectivity index (χ1v) is 12.9. The van der Waals surface area contributed by atoms with E-state index < -0.39 is 34.0 Å². The molecule has 2 unspecified atom stereocenters. The minimum Gasteiger partial charge on any atom is -0.480 e. The molecule has 0 spiro atoms. The van der Waals surface area contributed by atoms with Crippen molar-refractivity contribution in [3.05, 3.63) is 81.9 Å². The third-order valence-corrected chi connectivity index (χ3v) is 7.63. The SMILES string of the molecule is Cc1cc(S(=O)(=O)Nc2cccc(-c3ccc(C(=O)NC(C(=O)O)C(C)O)c(C)c3)c2)c(C)cc1Cl. The Morgan fingerprint density at radius 2 is 1.58 bits per heavy atom. The Kier molecular flexibility index (Phi) is 8.08. The number of hydrogen-bond donors (Lipinski definition) is 4. The first kappa shape index (κ1) is 27.2. The molecule has 2 atom stereocenters. The van der Waals surface area contributed by atoms with Gasteiger partial charge in [-0.05, 0) is 85.8 Å². The minimum atomic E-state index is -3.86. The van der Waals surface area contributed by atoms with Gasteiger partial charge in [-0.2, -0.15) is 0 Å². The number of benzene rings is 3. The fourth-order valence-electron chi connectivity index (χ4n) is 3.72. The summed E-state index contributed by atoms with van der Waals surface area (Å²) >= 11 is 6.10. The van der Waals surface area contributed by atoms with Crippen molar-refractivity contribution < 1.29 is 28.2 Å². The van der Waals surface area contributed by atoms with Crippen LogP contribution in [0.15, 0.2) is 59.5 Å². The number of anilines is 1. The highest BCUT2D eigenvalue weighted by Crippen LogP contribution is 2.28. The van der Waals surface area contributed by atoms with Gasteiger partial charge in [-0.25, -0.2) is 13.2 Å². The molecule has 0 saturated heterocycles. The monoisotopic (exact) mass is 530 g/mol. The van der Waals surface area contributed by atoms with Crippen molar-refractivity contribution in [1.29, 1.82) is 0 Å². The standard InChI is InChI=1S/C26H27ClN2O6S/c1-14-10-19(8-9-21(14)25(31)28-24(17(4)30)26(32)33)18-6-5-7-20(13-18)29-36(34,35)23-12-15(2)22(27)11-16(23)3/h5-13,17,24,29-30H,1-4H3,(H,28,31)(H,32,33). The smallest absolute Gasteiger partial charge is 0.328 e. The van der Waals surface area contributed by atoms with Gasteiger partial charge in [-0.1, -0.05) is 35.9 Å². The maximum absolute atomic E-state index is 13.0. The fraction of sp³-hybridized carbons (Fsp3) is 0.231. The third kappa shape index (κ3) is 6.04. The second kappa shape index (κ2) is 10.7. The van der Waals surface area contributed by atoms with Crippen LogP contribution in [0.4, 0.5) is 5.69 Å². The number of amides is 1. The maximum Gasteiger partial charge on any atom is 0.328 e. The maximum atomic E-state index is 13.0. The van der Waals surface area contributed by atoms with Crippen LogP contribution < -0.4 is 10.0 Å². The van der Waals surface area contributed by atoms with Crippen LogP contribution >= 0.6 is 11.6 Å². The van der Waals surface area contributed by atoms with Crippen molar-refractivity contribution in [2.75, 3.05) is 4.72 Å². The molecule has 0 radical (unpaired) electrons. The van der Waals surface area contributed by atoms with E-state index in [1.165, 1.54) is 13.0 Å². The number of carboxylic acid groups (broad SMARTS) is 1. The lowest BCUT2D eigenvalue weighted by Gasteiger charge is -2.18. The summed E-state index contributed by atoms with van der Waals surface area (Å²) in [5.41, 5.74) is 3.82. The average molecular weight is 531 g/mol. The van der Waals surface area contributed by atoms with Crippen molar-refractivity contribution in [3.63, 3.8) is 0 Å². The number of nitrogens with one attached hydrogen (secondary N) is 2. The highest BCUT2D eigenvalue weighted by atomic mass is 35.5. The molecular weight excluding hydrogens is 504 g/mol. The Morgan fingerprint density at radius 1 is 0.917 bits per heavy atom. The van der Waals surface area contributed by atoms with Gasteiger partial charge < -0.3 is 15.5 Å². The second-order valence-corrected chi connectivity index (χ2v) is 10.7. The van der Waals surface area contributed by atoms with E-state index in [1.54, 1.807) is 69.3 Å². The van der Waals surface area contributed by atoms with E-state index in [0.29, 0.717) is 33.0 Å². The molecule has 3 aromatic rings. The Bertz CT molecular complexity index is 1440. The van der Waals surface area contributed by atoms with Gasteiger partial charge >= 0.3 is 5.97 Å². The van der Waals surface area contributed by atoms with Crippen molar-refractivity contribution >= 4 is 39.2 Å². The number of hydrogen-bond acceptors (Lipinski definition) is 5. The molecule has 0 fully saturated rings. The Balaban J connectivity index is 1.86. The zero-order valence-corrected chi connectivity index (χ0v) is 21.7. The molecule has 190 valence electrons. The number of aliphatic hydroxyl groups excluding tert-OH is 1. The molecule has 3 aromatic carbocycles. The van der Waals surface area contributed by atoms with Gasteiger partial charge in [0, 0.05) is 16.3 Å². The van der Waals surface area contributed by atoms with Crippen molar-refractivity contribution in [2.45, 2.75) is 44.7 Å². The predicted molar refractivity (Wildman–Crippen MR) is 139 cm³/mol. The minimum absolute atomic E-state index is 0.137. The molecule has 0 aliphatic rings. The Morgan fingerprint density at radius 3 is 2.19 bits per heavy atom. The van der Waals surface area contributed by atoms with Crippen LogP contribution in [0.25, 0.3) is 11.1 Å². The Hall–Kier alpha value is -3.40. The summed E-state index contributed by atoms with van der Waals surface area (Å²) in [6, 6.07) is 13.5. The van der Waals surface area contributed by atoms with Gasteiger partial charge in [-0.15, -0.1) is 0 Å². The molecule has 36 heavy (non-hydrogen) atoms. The van der Waals surface area contributed by atoms with E-state index >= 15 is 0 Å². The molecule has 8 nitrogen and oxygen atoms in total. The van der Waals surface area contributed by atoms with Gasteiger partial charge in [-0.3, -0.25) is 9.52 Å². The number of rotatable bonds is 8. The largest absolute Gasteiger partial charge is 0.480 e. The number of halogens is 1. The summed E-state index contributed by atoms with van der Waals surface area (Å²) in [5.74, 6) is -1.96. The van der Waals surface area contributed by atoms with Gasteiger partial charge in [0.2, 0.25) is 0 Å². The molecule has 0 heterocycles. The second-order valence-electron chi connectivity index (χ2n) is 8.61. The molecule has 0 aliphatic carbocycles. The van der Waals surface area contributed by atoms with Gasteiger partial charge in [0.05, 0.1) is 11.0 Å². The van der Waals surface area contributed by atoms with Crippen LogP contribution in [-0.2, 0) is 14.8 Å². The van der Waals surface area contributed by atoms with E-state index in [2.05, 4.69) is 10.0 Å². The third-order valence-electron chi connectivity index (χ3n) is 5.70. The number of sulfonamides is 1. The van der Waals surface area contributed by atoms with Crippen LogP contribution in [0.3, 0.4) is 0 Å². The lowest BCUT2D eigenvalue weighted by Crippen LogP contribution is -2.47. The molecule has 0 aromatic heterocycles. The van der Waals surface area contributed by atoms with Crippen LogP contribution in [0.1, 0.15) is 34.0 Å². The summed E-state index contributed by atoms with van der Waals surface area (Å²) in [7, 11) is -3.86. The van der Waals surface area contributed by atoms with E-state index in [-0.39, 0.29) is 10.5 Å². The molecule has 4 N–H and O–H groups in total. The molecule has 3 rings (SSSR count). The first-order chi connectivity index (χ1) is 16.8. The van der Waals surface area contributed by atoms with E-state index in [9.17, 15) is 28.2 Å². The van der Waals surface area contributed by atoms with Crippen molar-refractivity contribution in [2.24, 2.45) is 0 Å². The fourth-order valence-corrected chi connectivity index (χ4v) is 5.30. The highest BCUT2D eigenvalue weighted by molar-refractivity contribution is 7.92. The summed E-state index contributed by atoms with van der Waals surface area (Å²) < 4.78 is 28.7. The normalized spacial score (nSPS) is 13.1. The highest BCUT2D eigenvalue weighted by Gasteiger charge is 2.26. The number of aryl methyl sites for hydroxylation is 3. The van der Waals surface area contributed by atoms with Crippen LogP contribution in [0.5, 0.6) is 0 Å². The van der Waals surface area contributed by atoms with Crippen LogP contribution in [-0.4, -0.2) is 42.7 Å². The lowest BCUT2D eigenvalue weighted by molar-refractivity contribution is -0.141. The predicted octanol–water partition coefficient (Wildman–Crippen LogP) is 4.30. The van der Waals surface area contributed by atoms with E-state index in [4.69, 9.17) is 11.6 Å². The van der Waals surface area contributed by atoms with Gasteiger partial charge in [0.15, 0.2) is 6.04 Å². The van der Waals surface area contributed by atoms with Crippen LogP contribution in [0, 0.1) is 20.8 Å². The van der Waals surface area contributed by atoms with Crippen molar-refractivity contribution in [3.8, 4) is 11.1 Å². The summed E-state index contributed by atoms with van der Waals surface area (Å²) in [5, 5.41) is 21.6. The molecule has 1 amide bonds. The average Bonchev–Trinajstić information content (AvgIpc) is 2.79. The van der Waals surface area contributed by atoms with Gasteiger partial charge in [0.1, 0.15) is 0 Å². The molecular formula is C26H27ClN2O6S. The van der Waals surface area contributed by atoms with E-state index in [1.807, 2.05) is 0 Å². The quantitative estimate of drug-likeness (QED) is 0.343. The molecule has 0 aliphatic heterocycles. The van der Waals surface area contributed by atoms with Gasteiger partial charge in [0.25, 0.3) is 15.9 Å². The number of aliphatic hydroxyl groups is 1. The number of aliphatic carboxylic acids is 1. The number of carbonyl (C=O) groups is 2. The molecule has 0 bridgehead atoms. The number of carbonyl (C=O) groups excluding carboxylic acids is 1. The molecule has 0 saturated carbocycles. The van der Waals surface area contributed by atoms with Crippen molar-refractivity contribution in [1.82, 2.24) is 5.32 Å². The number of carboxylic acids is 1. The van der Waals surface area contributed by atoms with E-state index in [0.717, 1.165) is 5.56 Å². The van der Waals surface area contributed by atoms with Crippen LogP contribution in [0.2, 0.25) is 5.02 Å². The molecule has 10 heteroatoms. The summed E-state index contributed by atoms with van der Waals surface area (Å²) in [4.78, 5) is 24.0. The Labute approximate surface area is 215 Å². The zero-order chi connectivity index (χ0) is 26.8. The lowest BCUT2D eigenvalue weighted by atomic mass is 9.99. The topological polar surface area (TPSA) is 133 Å². The first-order valence-electron chi connectivity index (χ1n) is 11.0. The summed E-state index contributed by atoms with van der Waals surface area (Å²) in [6.45, 7) is 6.40. The zero-order valence-electron chi connectivity index (χ0n) is 20.2.